The highest BCUT2D eigenvalue weighted by Crippen LogP contribution is 2.42. The van der Waals surface area contributed by atoms with Gasteiger partial charge in [-0.05, 0) is 47.7 Å². The third-order valence-electron chi connectivity index (χ3n) is 4.77. The number of aromatic hydroxyl groups is 3. The average molecular weight is 346 g/mol. The number of ether oxygens (including phenoxy) is 2. The van der Waals surface area contributed by atoms with Crippen LogP contribution in [0.5, 0.6) is 23.0 Å². The monoisotopic (exact) mass is 346 g/mol. The highest BCUT2D eigenvalue weighted by atomic mass is 16.5. The fourth-order valence-electron chi connectivity index (χ4n) is 3.39. The molecule has 4 N–H and O–H groups in total. The lowest BCUT2D eigenvalue weighted by molar-refractivity contribution is 0.0717. The molecule has 1 saturated heterocycles. The molecule has 0 spiro atoms. The van der Waals surface area contributed by atoms with Gasteiger partial charge in [0.25, 0.3) is 0 Å². The van der Waals surface area contributed by atoms with Crippen molar-refractivity contribution >= 4 is 0 Å². The summed E-state index contributed by atoms with van der Waals surface area (Å²) in [6.07, 6.45) is 0.322. The summed E-state index contributed by atoms with van der Waals surface area (Å²) < 4.78 is 11.0. The van der Waals surface area contributed by atoms with Crippen molar-refractivity contribution in [3.05, 3.63) is 47.5 Å². The van der Waals surface area contributed by atoms with Gasteiger partial charge in [0.2, 0.25) is 0 Å². The second-order valence-corrected chi connectivity index (χ2v) is 6.32. The molecule has 0 unspecified atom stereocenters. The van der Waals surface area contributed by atoms with E-state index in [0.29, 0.717) is 18.8 Å². The van der Waals surface area contributed by atoms with Gasteiger partial charge < -0.3 is 29.9 Å². The zero-order chi connectivity index (χ0) is 18.0. The van der Waals surface area contributed by atoms with Crippen molar-refractivity contribution in [1.29, 1.82) is 0 Å². The van der Waals surface area contributed by atoms with E-state index < -0.39 is 0 Å². The van der Waals surface area contributed by atoms with E-state index in [2.05, 4.69) is 0 Å². The number of rotatable bonds is 5. The van der Waals surface area contributed by atoms with Gasteiger partial charge in [-0.15, -0.1) is 0 Å². The SMILES string of the molecule is COc1cc(C[C@H]2CO[C@H](c3ccc(O)c(O)c3)[C@@H]2CO)ccc1O. The van der Waals surface area contributed by atoms with Crippen LogP contribution in [0.3, 0.4) is 0 Å². The van der Waals surface area contributed by atoms with Gasteiger partial charge in [0.15, 0.2) is 23.0 Å². The summed E-state index contributed by atoms with van der Waals surface area (Å²) in [6, 6.07) is 9.77. The normalized spacial score (nSPS) is 22.9. The number of phenols is 3. The lowest BCUT2D eigenvalue weighted by Gasteiger charge is -2.21. The van der Waals surface area contributed by atoms with Gasteiger partial charge in [-0.3, -0.25) is 0 Å². The van der Waals surface area contributed by atoms with Crippen LogP contribution in [0.2, 0.25) is 0 Å². The first-order valence-electron chi connectivity index (χ1n) is 8.13. The molecule has 0 amide bonds. The molecule has 0 aromatic heterocycles. The van der Waals surface area contributed by atoms with E-state index in [0.717, 1.165) is 11.1 Å². The first kappa shape index (κ1) is 17.4. The second kappa shape index (κ2) is 7.21. The summed E-state index contributed by atoms with van der Waals surface area (Å²) in [6.45, 7) is 0.424. The number of hydrogen-bond donors (Lipinski definition) is 4. The molecule has 0 saturated carbocycles. The average Bonchev–Trinajstić information content (AvgIpc) is 3.01. The molecule has 25 heavy (non-hydrogen) atoms. The van der Waals surface area contributed by atoms with Gasteiger partial charge in [-0.2, -0.15) is 0 Å². The zero-order valence-corrected chi connectivity index (χ0v) is 13.9. The summed E-state index contributed by atoms with van der Waals surface area (Å²) in [5.41, 5.74) is 1.70. The molecule has 0 radical (unpaired) electrons. The molecule has 6 nitrogen and oxygen atoms in total. The Kier molecular flexibility index (Phi) is 5.01. The minimum absolute atomic E-state index is 0.0494. The van der Waals surface area contributed by atoms with Gasteiger partial charge in [-0.1, -0.05) is 12.1 Å². The van der Waals surface area contributed by atoms with E-state index in [1.165, 1.54) is 19.2 Å². The summed E-state index contributed by atoms with van der Waals surface area (Å²) in [5, 5.41) is 38.7. The van der Waals surface area contributed by atoms with E-state index >= 15 is 0 Å². The minimum atomic E-state index is -0.347. The van der Waals surface area contributed by atoms with Crippen LogP contribution in [0.1, 0.15) is 17.2 Å². The fourth-order valence-corrected chi connectivity index (χ4v) is 3.39. The topological polar surface area (TPSA) is 99.4 Å². The molecule has 1 aliphatic heterocycles. The lowest BCUT2D eigenvalue weighted by Crippen LogP contribution is -2.21. The third-order valence-corrected chi connectivity index (χ3v) is 4.77. The lowest BCUT2D eigenvalue weighted by atomic mass is 9.84. The van der Waals surface area contributed by atoms with Crippen LogP contribution in [0, 0.1) is 11.8 Å². The largest absolute Gasteiger partial charge is 0.504 e. The Morgan fingerprint density at radius 1 is 1.04 bits per heavy atom. The molecule has 1 aliphatic rings. The number of aliphatic hydroxyl groups is 1. The van der Waals surface area contributed by atoms with E-state index in [9.17, 15) is 20.4 Å². The molecule has 1 fully saturated rings. The van der Waals surface area contributed by atoms with Crippen molar-refractivity contribution in [3.63, 3.8) is 0 Å². The van der Waals surface area contributed by atoms with E-state index in [1.54, 1.807) is 18.2 Å². The summed E-state index contributed by atoms with van der Waals surface area (Å²) in [5.74, 6) is 0.0607. The molecule has 1 heterocycles. The maximum absolute atomic E-state index is 9.86. The molecule has 3 atom stereocenters. The van der Waals surface area contributed by atoms with Crippen molar-refractivity contribution < 1.29 is 29.9 Å². The van der Waals surface area contributed by atoms with Crippen LogP contribution in [0.25, 0.3) is 0 Å². The Morgan fingerprint density at radius 3 is 2.48 bits per heavy atom. The van der Waals surface area contributed by atoms with Crippen molar-refractivity contribution in [1.82, 2.24) is 0 Å². The minimum Gasteiger partial charge on any atom is -0.504 e. The maximum Gasteiger partial charge on any atom is 0.160 e. The van der Waals surface area contributed by atoms with Gasteiger partial charge in [-0.25, -0.2) is 0 Å². The smallest absolute Gasteiger partial charge is 0.160 e. The number of phenolic OH excluding ortho intramolecular Hbond substituents is 3. The van der Waals surface area contributed by atoms with E-state index in [4.69, 9.17) is 9.47 Å². The van der Waals surface area contributed by atoms with Crippen LogP contribution in [0.15, 0.2) is 36.4 Å². The first-order chi connectivity index (χ1) is 12.0. The van der Waals surface area contributed by atoms with Crippen LogP contribution >= 0.6 is 0 Å². The predicted molar refractivity (Wildman–Crippen MR) is 90.9 cm³/mol. The van der Waals surface area contributed by atoms with Gasteiger partial charge >= 0.3 is 0 Å². The predicted octanol–water partition coefficient (Wildman–Crippen LogP) is 2.35. The molecule has 2 aromatic carbocycles. The van der Waals surface area contributed by atoms with Crippen molar-refractivity contribution in [2.75, 3.05) is 20.3 Å². The quantitative estimate of drug-likeness (QED) is 0.620. The zero-order valence-electron chi connectivity index (χ0n) is 13.9. The third kappa shape index (κ3) is 3.50. The number of benzene rings is 2. The van der Waals surface area contributed by atoms with Crippen molar-refractivity contribution in [3.8, 4) is 23.0 Å². The van der Waals surface area contributed by atoms with Crippen LogP contribution < -0.4 is 4.74 Å². The highest BCUT2D eigenvalue weighted by Gasteiger charge is 2.38. The summed E-state index contributed by atoms with van der Waals surface area (Å²) >= 11 is 0. The second-order valence-electron chi connectivity index (χ2n) is 6.32. The molecule has 134 valence electrons. The summed E-state index contributed by atoms with van der Waals surface area (Å²) in [4.78, 5) is 0. The highest BCUT2D eigenvalue weighted by molar-refractivity contribution is 5.43. The van der Waals surface area contributed by atoms with Crippen LogP contribution in [0.4, 0.5) is 0 Å². The number of hydrogen-bond acceptors (Lipinski definition) is 6. The maximum atomic E-state index is 9.86. The molecule has 3 rings (SSSR count). The van der Waals surface area contributed by atoms with Crippen molar-refractivity contribution in [2.45, 2.75) is 12.5 Å². The molecule has 0 bridgehead atoms. The van der Waals surface area contributed by atoms with Gasteiger partial charge in [0, 0.05) is 12.5 Å². The Hall–Kier alpha value is -2.44. The fraction of sp³-hybridized carbons (Fsp3) is 0.368. The Morgan fingerprint density at radius 2 is 1.80 bits per heavy atom. The number of methoxy groups -OCH3 is 1. The Bertz CT molecular complexity index is 745. The van der Waals surface area contributed by atoms with Crippen LogP contribution in [-0.4, -0.2) is 40.7 Å². The Labute approximate surface area is 145 Å². The van der Waals surface area contributed by atoms with E-state index in [-0.39, 0.29) is 41.8 Å². The molecule has 2 aromatic rings. The number of aliphatic hydroxyl groups excluding tert-OH is 1. The molecule has 6 heteroatoms. The summed E-state index contributed by atoms with van der Waals surface area (Å²) in [7, 11) is 1.50. The van der Waals surface area contributed by atoms with Crippen LogP contribution in [-0.2, 0) is 11.2 Å². The molecule has 0 aliphatic carbocycles. The molecular weight excluding hydrogens is 324 g/mol. The first-order valence-corrected chi connectivity index (χ1v) is 8.13. The standard InChI is InChI=1S/C19H22O6/c1-24-18-7-11(2-4-16(18)22)6-13-10-25-19(14(13)9-20)12-3-5-15(21)17(23)8-12/h2-5,7-8,13-14,19-23H,6,9-10H2,1H3/t13-,14+,19+/m0/s1. The van der Waals surface area contributed by atoms with Crippen molar-refractivity contribution in [2.24, 2.45) is 11.8 Å². The van der Waals surface area contributed by atoms with Gasteiger partial charge in [0.1, 0.15) is 0 Å². The molecular formula is C19H22O6. The Balaban J connectivity index is 1.78. The van der Waals surface area contributed by atoms with Gasteiger partial charge in [0.05, 0.1) is 19.8 Å². The van der Waals surface area contributed by atoms with E-state index in [1.807, 2.05) is 6.07 Å².